The van der Waals surface area contributed by atoms with E-state index < -0.39 is 7.12 Å². The van der Waals surface area contributed by atoms with Crippen LogP contribution in [-0.4, -0.2) is 29.3 Å². The van der Waals surface area contributed by atoms with Crippen LogP contribution in [0.2, 0.25) is 0 Å². The van der Waals surface area contributed by atoms with E-state index in [-0.39, 0.29) is 0 Å². The molecule has 0 bridgehead atoms. The number of pyridine rings is 1. The zero-order valence-electron chi connectivity index (χ0n) is 7.97. The lowest BCUT2D eigenvalue weighted by atomic mass is 9.77. The Morgan fingerprint density at radius 3 is 2.71 bits per heavy atom. The Hall–Kier alpha value is -1.07. The van der Waals surface area contributed by atoms with Gasteiger partial charge in [0.25, 0.3) is 0 Å². The van der Waals surface area contributed by atoms with Gasteiger partial charge < -0.3 is 14.8 Å². The fourth-order valence-corrected chi connectivity index (χ4v) is 1.59. The minimum absolute atomic E-state index is 0.377. The molecule has 1 fully saturated rings. The van der Waals surface area contributed by atoms with Crippen LogP contribution in [0.1, 0.15) is 24.5 Å². The number of ether oxygens (including phenoxy) is 1. The number of methoxy groups -OCH3 is 1. The average molecular weight is 193 g/mol. The second kappa shape index (κ2) is 3.59. The molecular weight excluding hydrogens is 181 g/mol. The molecule has 2 N–H and O–H groups in total. The minimum atomic E-state index is -1.51. The molecule has 1 aromatic heterocycles. The maximum absolute atomic E-state index is 9.23. The van der Waals surface area contributed by atoms with Crippen molar-refractivity contribution in [2.45, 2.75) is 18.8 Å². The summed E-state index contributed by atoms with van der Waals surface area (Å²) in [6, 6.07) is 1.64. The smallest absolute Gasteiger partial charge is 0.494 e. The summed E-state index contributed by atoms with van der Waals surface area (Å²) in [5.74, 6) is 0.874. The Morgan fingerprint density at radius 2 is 2.21 bits per heavy atom. The maximum Gasteiger partial charge on any atom is 0.494 e. The van der Waals surface area contributed by atoms with E-state index in [0.717, 1.165) is 18.5 Å². The molecule has 5 heteroatoms. The summed E-state index contributed by atoms with van der Waals surface area (Å²) < 4.78 is 5.07. The molecule has 0 saturated heterocycles. The number of hydrogen-bond acceptors (Lipinski definition) is 4. The zero-order chi connectivity index (χ0) is 10.1. The monoisotopic (exact) mass is 193 g/mol. The van der Waals surface area contributed by atoms with E-state index in [9.17, 15) is 10.0 Å². The predicted molar refractivity (Wildman–Crippen MR) is 52.6 cm³/mol. The second-order valence-corrected chi connectivity index (χ2v) is 3.46. The normalized spacial score (nSPS) is 15.4. The van der Waals surface area contributed by atoms with Gasteiger partial charge in [0, 0.05) is 23.3 Å². The fourth-order valence-electron chi connectivity index (χ4n) is 1.59. The molecule has 14 heavy (non-hydrogen) atoms. The van der Waals surface area contributed by atoms with Gasteiger partial charge in [-0.3, -0.25) is 4.98 Å². The molecule has 0 spiro atoms. The Balaban J connectivity index is 2.46. The minimum Gasteiger partial charge on any atom is -0.497 e. The van der Waals surface area contributed by atoms with Crippen LogP contribution in [0, 0.1) is 0 Å². The van der Waals surface area contributed by atoms with Gasteiger partial charge in [0.1, 0.15) is 5.75 Å². The van der Waals surface area contributed by atoms with Crippen LogP contribution < -0.4 is 10.2 Å². The fraction of sp³-hybridized carbons (Fsp3) is 0.444. The average Bonchev–Trinajstić information content (AvgIpc) is 2.99. The van der Waals surface area contributed by atoms with Crippen molar-refractivity contribution in [3.8, 4) is 5.75 Å². The van der Waals surface area contributed by atoms with Gasteiger partial charge in [-0.25, -0.2) is 0 Å². The van der Waals surface area contributed by atoms with Crippen molar-refractivity contribution in [2.75, 3.05) is 7.11 Å². The highest BCUT2D eigenvalue weighted by Crippen LogP contribution is 2.38. The lowest BCUT2D eigenvalue weighted by molar-refractivity contribution is 0.401. The summed E-state index contributed by atoms with van der Waals surface area (Å²) in [5, 5.41) is 18.5. The molecule has 0 unspecified atom stereocenters. The van der Waals surface area contributed by atoms with Gasteiger partial charge in [-0.05, 0) is 18.9 Å². The molecule has 1 aromatic rings. The topological polar surface area (TPSA) is 62.6 Å². The van der Waals surface area contributed by atoms with Crippen LogP contribution in [0.5, 0.6) is 5.75 Å². The molecule has 4 nitrogen and oxygen atoms in total. The van der Waals surface area contributed by atoms with Gasteiger partial charge >= 0.3 is 7.12 Å². The van der Waals surface area contributed by atoms with Crippen LogP contribution in [0.25, 0.3) is 0 Å². The van der Waals surface area contributed by atoms with Gasteiger partial charge in [0.2, 0.25) is 0 Å². The first-order chi connectivity index (χ1) is 6.74. The van der Waals surface area contributed by atoms with E-state index >= 15 is 0 Å². The van der Waals surface area contributed by atoms with Gasteiger partial charge in [-0.2, -0.15) is 0 Å². The highest BCUT2D eigenvalue weighted by atomic mass is 16.5. The quantitative estimate of drug-likeness (QED) is 0.644. The molecule has 1 heterocycles. The molecule has 0 aliphatic heterocycles. The van der Waals surface area contributed by atoms with E-state index in [1.165, 1.54) is 7.11 Å². The largest absolute Gasteiger partial charge is 0.497 e. The molecule has 2 rings (SSSR count). The van der Waals surface area contributed by atoms with Crippen molar-refractivity contribution in [1.29, 1.82) is 0 Å². The predicted octanol–water partition coefficient (Wildman–Crippen LogP) is -0.353. The third-order valence-electron chi connectivity index (χ3n) is 2.42. The van der Waals surface area contributed by atoms with E-state index in [4.69, 9.17) is 4.74 Å². The SMILES string of the molecule is COc1ccnc(C2CC2)c1B(O)O. The standard InChI is InChI=1S/C9H12BNO3/c1-14-7-4-5-11-9(6-2-3-6)8(7)10(12)13/h4-6,12-13H,2-3H2,1H3. The van der Waals surface area contributed by atoms with Crippen molar-refractivity contribution >= 4 is 12.6 Å². The van der Waals surface area contributed by atoms with Crippen LogP contribution in [0.4, 0.5) is 0 Å². The van der Waals surface area contributed by atoms with Crippen LogP contribution in [0.15, 0.2) is 12.3 Å². The molecular formula is C9H12BNO3. The molecule has 1 aliphatic rings. The van der Waals surface area contributed by atoms with Crippen LogP contribution in [-0.2, 0) is 0 Å². The first-order valence-corrected chi connectivity index (χ1v) is 4.63. The Kier molecular flexibility index (Phi) is 2.43. The van der Waals surface area contributed by atoms with Crippen molar-refractivity contribution in [3.63, 3.8) is 0 Å². The van der Waals surface area contributed by atoms with Gasteiger partial charge in [-0.1, -0.05) is 0 Å². The molecule has 0 aromatic carbocycles. The van der Waals surface area contributed by atoms with Crippen molar-refractivity contribution in [3.05, 3.63) is 18.0 Å². The highest BCUT2D eigenvalue weighted by Gasteiger charge is 2.32. The summed E-state index contributed by atoms with van der Waals surface area (Å²) >= 11 is 0. The summed E-state index contributed by atoms with van der Waals surface area (Å²) in [6.07, 6.45) is 3.78. The van der Waals surface area contributed by atoms with Crippen LogP contribution in [0.3, 0.4) is 0 Å². The number of hydrogen-bond donors (Lipinski definition) is 2. The van der Waals surface area contributed by atoms with Crippen molar-refractivity contribution in [2.24, 2.45) is 0 Å². The van der Waals surface area contributed by atoms with E-state index in [0.29, 0.717) is 17.1 Å². The van der Waals surface area contributed by atoms with E-state index in [1.807, 2.05) is 0 Å². The Morgan fingerprint density at radius 1 is 1.50 bits per heavy atom. The summed E-state index contributed by atoms with van der Waals surface area (Å²) in [6.45, 7) is 0. The summed E-state index contributed by atoms with van der Waals surface area (Å²) in [5.41, 5.74) is 1.18. The number of nitrogens with zero attached hydrogens (tertiary/aromatic N) is 1. The first-order valence-electron chi connectivity index (χ1n) is 4.63. The van der Waals surface area contributed by atoms with Gasteiger partial charge in [0.05, 0.1) is 7.11 Å². The summed E-state index contributed by atoms with van der Waals surface area (Å²) in [4.78, 5) is 4.17. The molecule has 0 radical (unpaired) electrons. The molecule has 74 valence electrons. The number of rotatable bonds is 3. The molecule has 0 amide bonds. The van der Waals surface area contributed by atoms with E-state index in [1.54, 1.807) is 12.3 Å². The Bertz CT molecular complexity index is 339. The second-order valence-electron chi connectivity index (χ2n) is 3.46. The molecule has 1 saturated carbocycles. The summed E-state index contributed by atoms with van der Waals surface area (Å²) in [7, 11) is 0.00647. The van der Waals surface area contributed by atoms with Gasteiger partial charge in [0.15, 0.2) is 0 Å². The van der Waals surface area contributed by atoms with E-state index in [2.05, 4.69) is 4.98 Å². The first kappa shape index (κ1) is 9.49. The van der Waals surface area contributed by atoms with Crippen LogP contribution >= 0.6 is 0 Å². The molecule has 0 atom stereocenters. The van der Waals surface area contributed by atoms with Crippen molar-refractivity contribution < 1.29 is 14.8 Å². The van der Waals surface area contributed by atoms with Gasteiger partial charge in [-0.15, -0.1) is 0 Å². The lowest BCUT2D eigenvalue weighted by Crippen LogP contribution is -2.35. The third kappa shape index (κ3) is 1.60. The Labute approximate surface area is 82.7 Å². The maximum atomic E-state index is 9.23. The zero-order valence-corrected chi connectivity index (χ0v) is 7.97. The number of aromatic nitrogens is 1. The third-order valence-corrected chi connectivity index (χ3v) is 2.42. The van der Waals surface area contributed by atoms with Crippen molar-refractivity contribution in [1.82, 2.24) is 4.98 Å². The molecule has 1 aliphatic carbocycles. The lowest BCUT2D eigenvalue weighted by Gasteiger charge is -2.11. The highest BCUT2D eigenvalue weighted by molar-refractivity contribution is 6.60.